The number of nitrogens with one attached hydrogen (secondary N) is 1. The van der Waals surface area contributed by atoms with Crippen LogP contribution >= 0.6 is 27.3 Å². The number of halogens is 1. The summed E-state index contributed by atoms with van der Waals surface area (Å²) in [6.07, 6.45) is 0. The Bertz CT molecular complexity index is 568. The third kappa shape index (κ3) is 5.26. The lowest BCUT2D eigenvalue weighted by molar-refractivity contribution is -0.122. The van der Waals surface area contributed by atoms with Crippen LogP contribution in [0.3, 0.4) is 0 Å². The van der Waals surface area contributed by atoms with Crippen LogP contribution in [0, 0.1) is 0 Å². The number of likely N-dealkylation sites (N-methyl/N-ethyl adjacent to an activating group) is 1. The Morgan fingerprint density at radius 1 is 1.33 bits per heavy atom. The van der Waals surface area contributed by atoms with Gasteiger partial charge in [-0.1, -0.05) is 34.1 Å². The summed E-state index contributed by atoms with van der Waals surface area (Å²) in [5.41, 5.74) is 1.10. The summed E-state index contributed by atoms with van der Waals surface area (Å²) in [7, 11) is 1.96. The summed E-state index contributed by atoms with van der Waals surface area (Å²) < 4.78 is 1.04. The van der Waals surface area contributed by atoms with E-state index in [0.29, 0.717) is 6.54 Å². The molecule has 2 rings (SSSR count). The Morgan fingerprint density at radius 2 is 2.05 bits per heavy atom. The maximum atomic E-state index is 12.1. The molecule has 0 unspecified atom stereocenters. The summed E-state index contributed by atoms with van der Waals surface area (Å²) in [5, 5.41) is 5.09. The summed E-state index contributed by atoms with van der Waals surface area (Å²) in [6, 6.07) is 12.1. The fourth-order valence-electron chi connectivity index (χ4n) is 2.09. The molecule has 0 bridgehead atoms. The van der Waals surface area contributed by atoms with E-state index in [0.717, 1.165) is 16.6 Å². The van der Waals surface area contributed by atoms with Crippen molar-refractivity contribution in [3.05, 3.63) is 56.7 Å². The van der Waals surface area contributed by atoms with Gasteiger partial charge in [0.15, 0.2) is 0 Å². The minimum Gasteiger partial charge on any atom is -0.348 e. The lowest BCUT2D eigenvalue weighted by Gasteiger charge is -2.18. The highest BCUT2D eigenvalue weighted by atomic mass is 79.9. The number of carbonyl (C=O) groups is 1. The molecule has 112 valence electrons. The molecule has 0 radical (unpaired) electrons. The van der Waals surface area contributed by atoms with E-state index in [1.807, 2.05) is 49.2 Å². The van der Waals surface area contributed by atoms with E-state index < -0.39 is 0 Å². The monoisotopic (exact) mass is 366 g/mol. The van der Waals surface area contributed by atoms with Crippen molar-refractivity contribution < 1.29 is 4.79 Å². The Balaban J connectivity index is 1.82. The van der Waals surface area contributed by atoms with Gasteiger partial charge >= 0.3 is 0 Å². The highest BCUT2D eigenvalue weighted by molar-refractivity contribution is 9.10. The van der Waals surface area contributed by atoms with E-state index in [-0.39, 0.29) is 11.9 Å². The van der Waals surface area contributed by atoms with Crippen LogP contribution in [0.1, 0.15) is 23.4 Å². The first-order chi connectivity index (χ1) is 10.0. The van der Waals surface area contributed by atoms with Gasteiger partial charge < -0.3 is 5.32 Å². The summed E-state index contributed by atoms with van der Waals surface area (Å²) in [6.45, 7) is 3.21. The second kappa shape index (κ2) is 7.73. The summed E-state index contributed by atoms with van der Waals surface area (Å²) in [5.74, 6) is 0.0458. The van der Waals surface area contributed by atoms with Gasteiger partial charge in [-0.3, -0.25) is 9.69 Å². The molecule has 0 saturated carbocycles. The molecule has 21 heavy (non-hydrogen) atoms. The van der Waals surface area contributed by atoms with E-state index in [9.17, 15) is 4.79 Å². The average Bonchev–Trinajstić information content (AvgIpc) is 2.91. The number of amides is 1. The Kier molecular flexibility index (Phi) is 5.96. The lowest BCUT2D eigenvalue weighted by atomic mass is 10.1. The van der Waals surface area contributed by atoms with Gasteiger partial charge in [0.1, 0.15) is 0 Å². The molecule has 0 fully saturated rings. The molecule has 5 heteroatoms. The van der Waals surface area contributed by atoms with E-state index >= 15 is 0 Å². The number of rotatable bonds is 6. The van der Waals surface area contributed by atoms with Crippen LogP contribution in [0.15, 0.2) is 46.3 Å². The molecule has 1 N–H and O–H groups in total. The topological polar surface area (TPSA) is 32.3 Å². The summed E-state index contributed by atoms with van der Waals surface area (Å²) >= 11 is 5.13. The maximum Gasteiger partial charge on any atom is 0.234 e. The molecule has 1 aromatic heterocycles. The fourth-order valence-corrected chi connectivity index (χ4v) is 3.14. The summed E-state index contributed by atoms with van der Waals surface area (Å²) in [4.78, 5) is 15.4. The molecule has 0 saturated heterocycles. The lowest BCUT2D eigenvalue weighted by Crippen LogP contribution is -2.36. The molecule has 0 aliphatic heterocycles. The zero-order chi connectivity index (χ0) is 15.2. The first-order valence-corrected chi connectivity index (χ1v) is 8.47. The van der Waals surface area contributed by atoms with Crippen molar-refractivity contribution in [1.29, 1.82) is 0 Å². The van der Waals surface area contributed by atoms with Crippen molar-refractivity contribution >= 4 is 33.2 Å². The van der Waals surface area contributed by atoms with Gasteiger partial charge in [-0.05, 0) is 43.1 Å². The largest absolute Gasteiger partial charge is 0.348 e. The van der Waals surface area contributed by atoms with Crippen LogP contribution in [0.25, 0.3) is 0 Å². The Morgan fingerprint density at radius 3 is 2.67 bits per heavy atom. The minimum absolute atomic E-state index is 0.0146. The number of hydrogen-bond acceptors (Lipinski definition) is 3. The average molecular weight is 367 g/mol. The highest BCUT2D eigenvalue weighted by Gasteiger charge is 2.12. The van der Waals surface area contributed by atoms with Gasteiger partial charge in [-0.15, -0.1) is 11.3 Å². The maximum absolute atomic E-state index is 12.1. The van der Waals surface area contributed by atoms with E-state index in [1.54, 1.807) is 11.3 Å². The number of hydrogen-bond donors (Lipinski definition) is 1. The van der Waals surface area contributed by atoms with E-state index in [1.165, 1.54) is 4.88 Å². The Hall–Kier alpha value is -1.17. The molecule has 0 aliphatic carbocycles. The molecule has 2 aromatic rings. The van der Waals surface area contributed by atoms with Crippen LogP contribution < -0.4 is 5.32 Å². The van der Waals surface area contributed by atoms with Crippen molar-refractivity contribution in [3.8, 4) is 0 Å². The van der Waals surface area contributed by atoms with Crippen LogP contribution in [0.2, 0.25) is 0 Å². The molecule has 1 heterocycles. The van der Waals surface area contributed by atoms with Crippen LogP contribution in [-0.2, 0) is 11.3 Å². The molecular weight excluding hydrogens is 348 g/mol. The van der Waals surface area contributed by atoms with Crippen LogP contribution in [0.5, 0.6) is 0 Å². The molecule has 1 aromatic carbocycles. The quantitative estimate of drug-likeness (QED) is 0.842. The van der Waals surface area contributed by atoms with Gasteiger partial charge in [0.05, 0.1) is 12.6 Å². The van der Waals surface area contributed by atoms with E-state index in [4.69, 9.17) is 0 Å². The predicted molar refractivity (Wildman–Crippen MR) is 91.4 cm³/mol. The SMILES string of the molecule is C[C@@H](NC(=O)CN(C)Cc1cccs1)c1ccc(Br)cc1. The van der Waals surface area contributed by atoms with Gasteiger partial charge in [-0.2, -0.15) is 0 Å². The smallest absolute Gasteiger partial charge is 0.234 e. The first kappa shape index (κ1) is 16.2. The molecule has 3 nitrogen and oxygen atoms in total. The van der Waals surface area contributed by atoms with Gasteiger partial charge in [-0.25, -0.2) is 0 Å². The zero-order valence-corrected chi connectivity index (χ0v) is 14.6. The van der Waals surface area contributed by atoms with Gasteiger partial charge in [0.2, 0.25) is 5.91 Å². The van der Waals surface area contributed by atoms with Crippen molar-refractivity contribution in [2.24, 2.45) is 0 Å². The van der Waals surface area contributed by atoms with Crippen molar-refractivity contribution in [2.75, 3.05) is 13.6 Å². The minimum atomic E-state index is 0.0146. The molecule has 0 aliphatic rings. The second-order valence-electron chi connectivity index (χ2n) is 5.09. The molecule has 0 spiro atoms. The standard InChI is InChI=1S/C16H19BrN2OS/c1-12(13-5-7-14(17)8-6-13)18-16(20)11-19(2)10-15-4-3-9-21-15/h3-9,12H,10-11H2,1-2H3,(H,18,20)/t12-/m1/s1. The van der Waals surface area contributed by atoms with Crippen LogP contribution in [0.4, 0.5) is 0 Å². The number of benzene rings is 1. The fraction of sp³-hybridized carbons (Fsp3) is 0.312. The van der Waals surface area contributed by atoms with E-state index in [2.05, 4.69) is 32.7 Å². The molecule has 1 amide bonds. The zero-order valence-electron chi connectivity index (χ0n) is 12.2. The number of thiophene rings is 1. The van der Waals surface area contributed by atoms with Gasteiger partial charge in [0, 0.05) is 15.9 Å². The Labute approximate surface area is 138 Å². The second-order valence-corrected chi connectivity index (χ2v) is 7.04. The van der Waals surface area contributed by atoms with Crippen molar-refractivity contribution in [1.82, 2.24) is 10.2 Å². The van der Waals surface area contributed by atoms with Gasteiger partial charge in [0.25, 0.3) is 0 Å². The van der Waals surface area contributed by atoms with Crippen molar-refractivity contribution in [2.45, 2.75) is 19.5 Å². The van der Waals surface area contributed by atoms with Crippen LogP contribution in [-0.4, -0.2) is 24.4 Å². The normalized spacial score (nSPS) is 12.4. The third-order valence-corrected chi connectivity index (χ3v) is 4.56. The molecular formula is C16H19BrN2OS. The molecule has 1 atom stereocenters. The highest BCUT2D eigenvalue weighted by Crippen LogP contribution is 2.16. The number of carbonyl (C=O) groups excluding carboxylic acids is 1. The first-order valence-electron chi connectivity index (χ1n) is 6.80. The third-order valence-electron chi connectivity index (χ3n) is 3.17. The van der Waals surface area contributed by atoms with Crippen molar-refractivity contribution in [3.63, 3.8) is 0 Å². The number of nitrogens with zero attached hydrogens (tertiary/aromatic N) is 1. The predicted octanol–water partition coefficient (Wildman–Crippen LogP) is 3.82.